The zero-order valence-electron chi connectivity index (χ0n) is 9.93. The predicted molar refractivity (Wildman–Crippen MR) is 59.1 cm³/mol. The number of alkyl halides is 2. The van der Waals surface area contributed by atoms with E-state index < -0.39 is 54.6 Å². The summed E-state index contributed by atoms with van der Waals surface area (Å²) in [6, 6.07) is 2.47. The topological polar surface area (TPSA) is 37.3 Å². The summed E-state index contributed by atoms with van der Waals surface area (Å²) in [6.45, 7) is 0. The Hall–Kier alpha value is -1.59. The summed E-state index contributed by atoms with van der Waals surface area (Å²) in [7, 11) is 0. The molecule has 2 rings (SSSR count). The molecular formula is C13H12F4O2. The number of hydrogen-bond acceptors (Lipinski definition) is 1. The standard InChI is InChI=1S/C13H12F4O2/c14-8-1-2-10(15)9(7-8)12(11(18)19)3-5-13(16,17)6-4-12/h1-2,7H,3-6H2,(H,18,19). The van der Waals surface area contributed by atoms with Gasteiger partial charge in [0.05, 0.1) is 5.41 Å². The molecule has 6 heteroatoms. The average Bonchev–Trinajstić information content (AvgIpc) is 2.33. The van der Waals surface area contributed by atoms with Crippen LogP contribution in [-0.2, 0) is 10.2 Å². The molecule has 1 aromatic carbocycles. The van der Waals surface area contributed by atoms with Crippen LogP contribution >= 0.6 is 0 Å². The Labute approximate surface area is 107 Å². The van der Waals surface area contributed by atoms with Crippen LogP contribution in [0.15, 0.2) is 18.2 Å². The Morgan fingerprint density at radius 1 is 1.11 bits per heavy atom. The number of carbonyl (C=O) groups is 1. The van der Waals surface area contributed by atoms with Gasteiger partial charge >= 0.3 is 5.97 Å². The van der Waals surface area contributed by atoms with Gasteiger partial charge in [0.1, 0.15) is 11.6 Å². The van der Waals surface area contributed by atoms with Crippen molar-refractivity contribution in [3.63, 3.8) is 0 Å². The third-order valence-corrected chi connectivity index (χ3v) is 3.69. The summed E-state index contributed by atoms with van der Waals surface area (Å²) >= 11 is 0. The minimum absolute atomic E-state index is 0.351. The number of aliphatic carboxylic acids is 1. The highest BCUT2D eigenvalue weighted by Crippen LogP contribution is 2.46. The molecule has 104 valence electrons. The summed E-state index contributed by atoms with van der Waals surface area (Å²) in [5, 5.41) is 9.29. The van der Waals surface area contributed by atoms with Crippen LogP contribution in [0.5, 0.6) is 0 Å². The molecule has 1 aromatic rings. The van der Waals surface area contributed by atoms with Crippen molar-refractivity contribution < 1.29 is 27.5 Å². The van der Waals surface area contributed by atoms with E-state index in [0.29, 0.717) is 0 Å². The lowest BCUT2D eigenvalue weighted by Crippen LogP contribution is -2.43. The zero-order chi connectivity index (χ0) is 14.3. The highest BCUT2D eigenvalue weighted by atomic mass is 19.3. The molecule has 0 bridgehead atoms. The van der Waals surface area contributed by atoms with Crippen LogP contribution in [0.1, 0.15) is 31.2 Å². The van der Waals surface area contributed by atoms with E-state index in [-0.39, 0.29) is 5.56 Å². The maximum Gasteiger partial charge on any atom is 0.314 e. The molecule has 1 saturated carbocycles. The summed E-state index contributed by atoms with van der Waals surface area (Å²) in [4.78, 5) is 11.4. The van der Waals surface area contributed by atoms with Gasteiger partial charge in [-0.15, -0.1) is 0 Å². The van der Waals surface area contributed by atoms with E-state index in [0.717, 1.165) is 18.2 Å². The lowest BCUT2D eigenvalue weighted by atomic mass is 9.68. The number of halogens is 4. The van der Waals surface area contributed by atoms with Crippen molar-refractivity contribution in [3.8, 4) is 0 Å². The maximum absolute atomic E-state index is 13.7. The largest absolute Gasteiger partial charge is 0.481 e. The Morgan fingerprint density at radius 3 is 2.21 bits per heavy atom. The van der Waals surface area contributed by atoms with Gasteiger partial charge in [-0.05, 0) is 31.0 Å². The fourth-order valence-corrected chi connectivity index (χ4v) is 2.51. The number of rotatable bonds is 2. The summed E-state index contributed by atoms with van der Waals surface area (Å²) in [6.07, 6.45) is -2.10. The molecule has 0 aliphatic heterocycles. The molecule has 1 N–H and O–H groups in total. The third-order valence-electron chi connectivity index (χ3n) is 3.69. The molecule has 1 aliphatic rings. The first-order valence-electron chi connectivity index (χ1n) is 5.84. The van der Waals surface area contributed by atoms with E-state index in [1.807, 2.05) is 0 Å². The molecule has 0 atom stereocenters. The van der Waals surface area contributed by atoms with E-state index in [4.69, 9.17) is 0 Å². The van der Waals surface area contributed by atoms with Crippen LogP contribution in [-0.4, -0.2) is 17.0 Å². The van der Waals surface area contributed by atoms with Gasteiger partial charge in [0.25, 0.3) is 0 Å². The molecule has 0 spiro atoms. The molecule has 19 heavy (non-hydrogen) atoms. The lowest BCUT2D eigenvalue weighted by molar-refractivity contribution is -0.149. The summed E-state index contributed by atoms with van der Waals surface area (Å²) in [5.74, 6) is -6.00. The Balaban J connectivity index is 2.47. The first-order valence-corrected chi connectivity index (χ1v) is 5.84. The minimum Gasteiger partial charge on any atom is -0.481 e. The van der Waals surface area contributed by atoms with E-state index in [1.54, 1.807) is 0 Å². The first kappa shape index (κ1) is 13.8. The van der Waals surface area contributed by atoms with Gasteiger partial charge in [-0.1, -0.05) is 0 Å². The molecule has 0 heterocycles. The second-order valence-corrected chi connectivity index (χ2v) is 4.87. The van der Waals surface area contributed by atoms with Crippen molar-refractivity contribution in [2.45, 2.75) is 37.0 Å². The number of hydrogen-bond donors (Lipinski definition) is 1. The highest BCUT2D eigenvalue weighted by molar-refractivity contribution is 5.81. The summed E-state index contributed by atoms with van der Waals surface area (Å²) < 4.78 is 53.2. The van der Waals surface area contributed by atoms with E-state index >= 15 is 0 Å². The minimum atomic E-state index is -2.94. The monoisotopic (exact) mass is 276 g/mol. The molecule has 1 aliphatic carbocycles. The third kappa shape index (κ3) is 2.43. The predicted octanol–water partition coefficient (Wildman–Crippen LogP) is 3.50. The fourth-order valence-electron chi connectivity index (χ4n) is 2.51. The lowest BCUT2D eigenvalue weighted by Gasteiger charge is -2.37. The molecular weight excluding hydrogens is 264 g/mol. The second kappa shape index (κ2) is 4.51. The Morgan fingerprint density at radius 2 is 1.68 bits per heavy atom. The van der Waals surface area contributed by atoms with Gasteiger partial charge in [-0.25, -0.2) is 17.6 Å². The molecule has 0 amide bonds. The molecule has 1 fully saturated rings. The van der Waals surface area contributed by atoms with Crippen molar-refractivity contribution in [1.82, 2.24) is 0 Å². The van der Waals surface area contributed by atoms with Crippen molar-refractivity contribution >= 4 is 5.97 Å². The van der Waals surface area contributed by atoms with E-state index in [1.165, 1.54) is 0 Å². The van der Waals surface area contributed by atoms with Crippen LogP contribution in [0.4, 0.5) is 17.6 Å². The quantitative estimate of drug-likeness (QED) is 0.839. The van der Waals surface area contributed by atoms with Gasteiger partial charge in [-0.3, -0.25) is 4.79 Å². The van der Waals surface area contributed by atoms with Gasteiger partial charge in [0, 0.05) is 18.4 Å². The van der Waals surface area contributed by atoms with Gasteiger partial charge in [-0.2, -0.15) is 0 Å². The maximum atomic E-state index is 13.7. The van der Waals surface area contributed by atoms with Crippen molar-refractivity contribution in [2.24, 2.45) is 0 Å². The van der Waals surface area contributed by atoms with Crippen molar-refractivity contribution in [3.05, 3.63) is 35.4 Å². The molecule has 0 aromatic heterocycles. The Kier molecular flexibility index (Phi) is 3.28. The first-order chi connectivity index (χ1) is 8.77. The van der Waals surface area contributed by atoms with Crippen LogP contribution in [0.2, 0.25) is 0 Å². The van der Waals surface area contributed by atoms with Gasteiger partial charge < -0.3 is 5.11 Å². The van der Waals surface area contributed by atoms with Gasteiger partial charge in [0.15, 0.2) is 0 Å². The number of carboxylic acids is 1. The highest BCUT2D eigenvalue weighted by Gasteiger charge is 2.50. The SMILES string of the molecule is O=C(O)C1(c2cc(F)ccc2F)CCC(F)(F)CC1. The second-order valence-electron chi connectivity index (χ2n) is 4.87. The van der Waals surface area contributed by atoms with Crippen molar-refractivity contribution in [2.75, 3.05) is 0 Å². The molecule has 0 unspecified atom stereocenters. The normalized spacial score (nSPS) is 21.1. The van der Waals surface area contributed by atoms with E-state index in [2.05, 4.69) is 0 Å². The number of benzene rings is 1. The summed E-state index contributed by atoms with van der Waals surface area (Å²) in [5.41, 5.74) is -2.12. The molecule has 2 nitrogen and oxygen atoms in total. The average molecular weight is 276 g/mol. The number of carboxylic acid groups (broad SMARTS) is 1. The van der Waals surface area contributed by atoms with Crippen LogP contribution in [0, 0.1) is 11.6 Å². The van der Waals surface area contributed by atoms with Crippen LogP contribution < -0.4 is 0 Å². The van der Waals surface area contributed by atoms with Crippen LogP contribution in [0.25, 0.3) is 0 Å². The van der Waals surface area contributed by atoms with Gasteiger partial charge in [0.2, 0.25) is 5.92 Å². The van der Waals surface area contributed by atoms with Crippen molar-refractivity contribution in [1.29, 1.82) is 0 Å². The zero-order valence-corrected chi connectivity index (χ0v) is 9.93. The fraction of sp³-hybridized carbons (Fsp3) is 0.462. The molecule has 0 saturated heterocycles. The molecule has 0 radical (unpaired) electrons. The Bertz CT molecular complexity index is 503. The van der Waals surface area contributed by atoms with E-state index in [9.17, 15) is 27.5 Å². The van der Waals surface area contributed by atoms with Crippen LogP contribution in [0.3, 0.4) is 0 Å². The smallest absolute Gasteiger partial charge is 0.314 e.